The summed E-state index contributed by atoms with van der Waals surface area (Å²) >= 11 is 2.00. The number of hydrogen-bond donors (Lipinski definition) is 0. The molecule has 0 aromatic rings. The minimum Gasteiger partial charge on any atom is -0.501 e. The van der Waals surface area contributed by atoms with Gasteiger partial charge in [0.1, 0.15) is 0 Å². The van der Waals surface area contributed by atoms with Gasteiger partial charge in [-0.3, -0.25) is 0 Å². The third-order valence-corrected chi connectivity index (χ3v) is 2.77. The van der Waals surface area contributed by atoms with Crippen molar-refractivity contribution in [2.45, 2.75) is 13.8 Å². The van der Waals surface area contributed by atoms with E-state index in [0.717, 1.165) is 12.5 Å². The minimum atomic E-state index is 0.820. The summed E-state index contributed by atoms with van der Waals surface area (Å²) in [6.45, 7) is 5.02. The normalized spacial score (nSPS) is 17.8. The fourth-order valence-corrected chi connectivity index (χ4v) is 1.49. The number of rotatable bonds is 3. The van der Waals surface area contributed by atoms with Crippen LogP contribution in [0.4, 0.5) is 0 Å². The summed E-state index contributed by atoms with van der Waals surface area (Å²) in [5, 5.41) is 0. The van der Waals surface area contributed by atoms with Crippen LogP contribution >= 0.6 is 11.8 Å². The lowest BCUT2D eigenvalue weighted by atomic mass is 10.2. The van der Waals surface area contributed by atoms with E-state index in [1.54, 1.807) is 0 Å². The van der Waals surface area contributed by atoms with Gasteiger partial charge in [-0.1, -0.05) is 0 Å². The molecule has 0 bridgehead atoms. The monoisotopic (exact) mass is 158 g/mol. The quantitative estimate of drug-likeness (QED) is 0.583. The van der Waals surface area contributed by atoms with Crippen molar-refractivity contribution in [2.24, 2.45) is 5.92 Å². The molecule has 58 valence electrons. The van der Waals surface area contributed by atoms with Gasteiger partial charge in [0.15, 0.2) is 0 Å². The molecule has 10 heavy (non-hydrogen) atoms. The number of ether oxygens (including phenoxy) is 1. The second-order valence-electron chi connectivity index (χ2n) is 2.93. The first-order chi connectivity index (χ1) is 4.79. The molecule has 0 atom stereocenters. The Morgan fingerprint density at radius 2 is 2.30 bits per heavy atom. The third kappa shape index (κ3) is 2.65. The molecule has 0 aromatic carbocycles. The van der Waals surface area contributed by atoms with E-state index in [-0.39, 0.29) is 0 Å². The Bertz CT molecular complexity index is 123. The van der Waals surface area contributed by atoms with Crippen molar-refractivity contribution >= 4 is 11.8 Å². The van der Waals surface area contributed by atoms with Gasteiger partial charge in [-0.25, -0.2) is 0 Å². The average Bonchev–Trinajstić information content (AvgIpc) is 1.75. The summed E-state index contributed by atoms with van der Waals surface area (Å²) in [5.41, 5.74) is 1.24. The first-order valence-corrected chi connectivity index (χ1v) is 4.77. The predicted molar refractivity (Wildman–Crippen MR) is 46.2 cm³/mol. The summed E-state index contributed by atoms with van der Waals surface area (Å²) in [4.78, 5) is 0. The minimum absolute atomic E-state index is 0.820. The Morgan fingerprint density at radius 3 is 2.70 bits per heavy atom. The van der Waals surface area contributed by atoms with Crippen LogP contribution in [0, 0.1) is 5.92 Å². The van der Waals surface area contributed by atoms with Crippen molar-refractivity contribution in [3.05, 3.63) is 11.8 Å². The number of thioether (sulfide) groups is 1. The smallest absolute Gasteiger partial charge is 0.0917 e. The zero-order valence-corrected chi connectivity index (χ0v) is 7.41. The van der Waals surface area contributed by atoms with Crippen molar-refractivity contribution in [3.8, 4) is 0 Å². The van der Waals surface area contributed by atoms with Gasteiger partial charge in [-0.2, -0.15) is 11.8 Å². The molecule has 1 nitrogen and oxygen atoms in total. The van der Waals surface area contributed by atoms with Crippen LogP contribution in [0.2, 0.25) is 0 Å². The molecule has 0 saturated carbocycles. The second kappa shape index (κ2) is 3.91. The van der Waals surface area contributed by atoms with Gasteiger partial charge in [0.2, 0.25) is 0 Å². The lowest BCUT2D eigenvalue weighted by Gasteiger charge is -2.23. The molecule has 1 saturated heterocycles. The van der Waals surface area contributed by atoms with E-state index < -0.39 is 0 Å². The van der Waals surface area contributed by atoms with Crippen LogP contribution in [-0.2, 0) is 4.74 Å². The highest BCUT2D eigenvalue weighted by atomic mass is 32.2. The zero-order valence-electron chi connectivity index (χ0n) is 6.59. The standard InChI is InChI=1S/C8H14OS/c1-7(2)3-9-4-8-5-10-6-8/h3,8H,4-6H2,1-2H3. The molecule has 0 aliphatic carbocycles. The fourth-order valence-electron chi connectivity index (χ4n) is 0.732. The molecular weight excluding hydrogens is 144 g/mol. The van der Waals surface area contributed by atoms with Gasteiger partial charge in [0, 0.05) is 17.4 Å². The van der Waals surface area contributed by atoms with Crippen LogP contribution in [0.3, 0.4) is 0 Å². The van der Waals surface area contributed by atoms with E-state index in [1.165, 1.54) is 17.1 Å². The highest BCUT2D eigenvalue weighted by molar-refractivity contribution is 8.00. The first kappa shape index (κ1) is 7.99. The molecule has 1 aliphatic heterocycles. The molecule has 1 rings (SSSR count). The predicted octanol–water partition coefficient (Wildman–Crippen LogP) is 2.29. The summed E-state index contributed by atoms with van der Waals surface area (Å²) in [5.74, 6) is 3.40. The lowest BCUT2D eigenvalue weighted by Crippen LogP contribution is -2.22. The molecule has 0 aromatic heterocycles. The van der Waals surface area contributed by atoms with Crippen LogP contribution in [0.5, 0.6) is 0 Å². The molecule has 2 heteroatoms. The van der Waals surface area contributed by atoms with Crippen LogP contribution in [0.25, 0.3) is 0 Å². The van der Waals surface area contributed by atoms with Crippen LogP contribution < -0.4 is 0 Å². The Morgan fingerprint density at radius 1 is 1.60 bits per heavy atom. The average molecular weight is 158 g/mol. The summed E-state index contributed by atoms with van der Waals surface area (Å²) in [6.07, 6.45) is 1.85. The van der Waals surface area contributed by atoms with E-state index in [9.17, 15) is 0 Å². The third-order valence-electron chi connectivity index (χ3n) is 1.36. The van der Waals surface area contributed by atoms with Crippen LogP contribution in [0.1, 0.15) is 13.8 Å². The Balaban J connectivity index is 1.99. The van der Waals surface area contributed by atoms with Crippen molar-refractivity contribution in [1.82, 2.24) is 0 Å². The van der Waals surface area contributed by atoms with E-state index in [4.69, 9.17) is 4.74 Å². The molecule has 0 unspecified atom stereocenters. The van der Waals surface area contributed by atoms with E-state index in [1.807, 2.05) is 18.0 Å². The van der Waals surface area contributed by atoms with Crippen molar-refractivity contribution in [3.63, 3.8) is 0 Å². The molecule has 1 fully saturated rings. The van der Waals surface area contributed by atoms with Gasteiger partial charge in [0.05, 0.1) is 12.9 Å². The van der Waals surface area contributed by atoms with Gasteiger partial charge < -0.3 is 4.74 Å². The van der Waals surface area contributed by atoms with Crippen LogP contribution in [0.15, 0.2) is 11.8 Å². The maximum atomic E-state index is 5.32. The Hall–Kier alpha value is -0.110. The molecule has 1 aliphatic rings. The maximum absolute atomic E-state index is 5.32. The van der Waals surface area contributed by atoms with Gasteiger partial charge in [0.25, 0.3) is 0 Å². The number of hydrogen-bond acceptors (Lipinski definition) is 2. The highest BCUT2D eigenvalue weighted by Gasteiger charge is 2.17. The highest BCUT2D eigenvalue weighted by Crippen LogP contribution is 2.24. The largest absolute Gasteiger partial charge is 0.501 e. The maximum Gasteiger partial charge on any atom is 0.0917 e. The van der Waals surface area contributed by atoms with E-state index >= 15 is 0 Å². The molecule has 1 heterocycles. The summed E-state index contributed by atoms with van der Waals surface area (Å²) in [7, 11) is 0. The number of allylic oxidation sites excluding steroid dienone is 1. The van der Waals surface area contributed by atoms with Crippen molar-refractivity contribution in [1.29, 1.82) is 0 Å². The van der Waals surface area contributed by atoms with Gasteiger partial charge in [-0.05, 0) is 19.4 Å². The molecule has 0 N–H and O–H groups in total. The van der Waals surface area contributed by atoms with Crippen LogP contribution in [-0.4, -0.2) is 18.1 Å². The second-order valence-corrected chi connectivity index (χ2v) is 4.01. The van der Waals surface area contributed by atoms with Gasteiger partial charge in [-0.15, -0.1) is 0 Å². The summed E-state index contributed by atoms with van der Waals surface area (Å²) in [6, 6.07) is 0. The van der Waals surface area contributed by atoms with Gasteiger partial charge >= 0.3 is 0 Å². The summed E-state index contributed by atoms with van der Waals surface area (Å²) < 4.78 is 5.32. The lowest BCUT2D eigenvalue weighted by molar-refractivity contribution is 0.208. The van der Waals surface area contributed by atoms with Crippen molar-refractivity contribution < 1.29 is 4.74 Å². The van der Waals surface area contributed by atoms with E-state index in [0.29, 0.717) is 0 Å². The fraction of sp³-hybridized carbons (Fsp3) is 0.750. The zero-order chi connectivity index (χ0) is 7.40. The molecule has 0 spiro atoms. The molecule has 0 radical (unpaired) electrons. The van der Waals surface area contributed by atoms with E-state index in [2.05, 4.69) is 13.8 Å². The Kier molecular flexibility index (Phi) is 3.13. The van der Waals surface area contributed by atoms with Crippen molar-refractivity contribution in [2.75, 3.05) is 18.1 Å². The molecular formula is C8H14OS. The SMILES string of the molecule is CC(C)=COCC1CSC1. The Labute approximate surface area is 66.8 Å². The molecule has 0 amide bonds. The first-order valence-electron chi connectivity index (χ1n) is 3.62. The topological polar surface area (TPSA) is 9.23 Å².